The van der Waals surface area contributed by atoms with E-state index in [9.17, 15) is 9.90 Å². The van der Waals surface area contributed by atoms with Crippen molar-refractivity contribution < 1.29 is 14.3 Å². The average Bonchev–Trinajstić information content (AvgIpc) is 3.33. The van der Waals surface area contributed by atoms with Crippen LogP contribution in [0.5, 0.6) is 0 Å². The zero-order chi connectivity index (χ0) is 16.1. The summed E-state index contributed by atoms with van der Waals surface area (Å²) >= 11 is 3.17. The van der Waals surface area contributed by atoms with E-state index in [0.717, 1.165) is 4.88 Å². The third-order valence-electron chi connectivity index (χ3n) is 4.15. The number of thiophene rings is 1. The molecule has 2 heterocycles. The third-order valence-corrected chi connectivity index (χ3v) is 6.54. The van der Waals surface area contributed by atoms with Gasteiger partial charge in [0.2, 0.25) is 5.91 Å². The summed E-state index contributed by atoms with van der Waals surface area (Å²) in [5.41, 5.74) is -1.31. The maximum atomic E-state index is 12.1. The molecular weight excluding hydrogens is 330 g/mol. The molecule has 1 aliphatic carbocycles. The first-order valence-corrected chi connectivity index (χ1v) is 9.80. The van der Waals surface area contributed by atoms with Crippen molar-refractivity contribution in [1.82, 2.24) is 5.32 Å². The fourth-order valence-electron chi connectivity index (χ4n) is 2.85. The number of carbonyl (C=O) groups excluding carboxylic acids is 1. The highest BCUT2D eigenvalue weighted by molar-refractivity contribution is 8.00. The standard InChI is InChI=1S/C17H21NO3S2/c19-16(11-23-13-5-1-2-6-13)18-12-17(20,14-7-3-9-21-14)15-8-4-10-22-15/h3-4,7-10,13,20H,1-2,5-6,11-12H2,(H,18,19)/t17-/m0/s1. The van der Waals surface area contributed by atoms with Crippen LogP contribution in [0.4, 0.5) is 0 Å². The van der Waals surface area contributed by atoms with Crippen molar-refractivity contribution in [3.8, 4) is 0 Å². The molecular formula is C17H21NO3S2. The van der Waals surface area contributed by atoms with Gasteiger partial charge in [-0.3, -0.25) is 4.79 Å². The second kappa shape index (κ2) is 7.55. The Morgan fingerprint density at radius 1 is 1.39 bits per heavy atom. The number of rotatable bonds is 7. The second-order valence-electron chi connectivity index (χ2n) is 5.81. The van der Waals surface area contributed by atoms with Crippen LogP contribution in [0.15, 0.2) is 40.3 Å². The van der Waals surface area contributed by atoms with Crippen LogP contribution in [0, 0.1) is 0 Å². The van der Waals surface area contributed by atoms with Crippen LogP contribution in [0.3, 0.4) is 0 Å². The topological polar surface area (TPSA) is 62.5 Å². The van der Waals surface area contributed by atoms with Crippen molar-refractivity contribution in [2.75, 3.05) is 12.3 Å². The van der Waals surface area contributed by atoms with Crippen LogP contribution in [0.25, 0.3) is 0 Å². The maximum Gasteiger partial charge on any atom is 0.230 e. The molecule has 1 atom stereocenters. The Morgan fingerprint density at radius 3 is 2.87 bits per heavy atom. The fraction of sp³-hybridized carbons (Fsp3) is 0.471. The molecule has 2 aromatic rings. The molecule has 1 amide bonds. The van der Waals surface area contributed by atoms with Gasteiger partial charge in [-0.25, -0.2) is 0 Å². The molecule has 2 aromatic heterocycles. The summed E-state index contributed by atoms with van der Waals surface area (Å²) in [5.74, 6) is 0.857. The molecule has 124 valence electrons. The summed E-state index contributed by atoms with van der Waals surface area (Å²) in [5, 5.41) is 16.4. The number of amides is 1. The summed E-state index contributed by atoms with van der Waals surface area (Å²) < 4.78 is 5.40. The molecule has 1 aliphatic rings. The quantitative estimate of drug-likeness (QED) is 0.803. The molecule has 1 saturated carbocycles. The Kier molecular flexibility index (Phi) is 5.46. The number of aliphatic hydroxyl groups is 1. The third kappa shape index (κ3) is 4.00. The van der Waals surface area contributed by atoms with E-state index in [-0.39, 0.29) is 12.5 Å². The summed E-state index contributed by atoms with van der Waals surface area (Å²) in [6.07, 6.45) is 6.50. The fourth-order valence-corrected chi connectivity index (χ4v) is 4.83. The Morgan fingerprint density at radius 2 is 2.22 bits per heavy atom. The van der Waals surface area contributed by atoms with Gasteiger partial charge in [-0.05, 0) is 36.4 Å². The summed E-state index contributed by atoms with van der Waals surface area (Å²) in [4.78, 5) is 12.9. The van der Waals surface area contributed by atoms with Gasteiger partial charge in [0.25, 0.3) is 0 Å². The first-order valence-electron chi connectivity index (χ1n) is 7.87. The monoisotopic (exact) mass is 351 g/mol. The van der Waals surface area contributed by atoms with Crippen molar-refractivity contribution in [1.29, 1.82) is 0 Å². The van der Waals surface area contributed by atoms with Gasteiger partial charge in [-0.1, -0.05) is 18.9 Å². The molecule has 0 radical (unpaired) electrons. The summed E-state index contributed by atoms with van der Waals surface area (Å²) in [7, 11) is 0. The molecule has 0 spiro atoms. The molecule has 3 rings (SSSR count). The number of nitrogens with one attached hydrogen (secondary N) is 1. The van der Waals surface area contributed by atoms with Crippen LogP contribution >= 0.6 is 23.1 Å². The lowest BCUT2D eigenvalue weighted by molar-refractivity contribution is -0.119. The lowest BCUT2D eigenvalue weighted by atomic mass is 9.98. The molecule has 6 heteroatoms. The van der Waals surface area contributed by atoms with E-state index in [1.165, 1.54) is 43.3 Å². The van der Waals surface area contributed by atoms with Crippen molar-refractivity contribution in [3.05, 3.63) is 46.5 Å². The molecule has 0 bridgehead atoms. The lowest BCUT2D eigenvalue weighted by Crippen LogP contribution is -2.41. The predicted octanol–water partition coefficient (Wildman–Crippen LogP) is 3.37. The SMILES string of the molecule is O=C(CSC1CCCC1)NC[C@](O)(c1ccco1)c1cccs1. The molecule has 0 aromatic carbocycles. The number of thioether (sulfide) groups is 1. The number of carbonyl (C=O) groups is 1. The van der Waals surface area contributed by atoms with Gasteiger partial charge in [0, 0.05) is 10.1 Å². The number of hydrogen-bond donors (Lipinski definition) is 2. The second-order valence-corrected chi connectivity index (χ2v) is 8.05. The van der Waals surface area contributed by atoms with Crippen LogP contribution < -0.4 is 5.32 Å². The molecule has 4 nitrogen and oxygen atoms in total. The van der Waals surface area contributed by atoms with Gasteiger partial charge in [0.1, 0.15) is 5.76 Å². The van der Waals surface area contributed by atoms with Gasteiger partial charge in [-0.15, -0.1) is 23.1 Å². The smallest absolute Gasteiger partial charge is 0.230 e. The Hall–Kier alpha value is -1.24. The van der Waals surface area contributed by atoms with Crippen LogP contribution in [-0.4, -0.2) is 28.6 Å². The van der Waals surface area contributed by atoms with E-state index in [4.69, 9.17) is 4.42 Å². The Labute approximate surface area is 144 Å². The first kappa shape index (κ1) is 16.6. The van der Waals surface area contributed by atoms with E-state index < -0.39 is 5.60 Å². The van der Waals surface area contributed by atoms with Crippen molar-refractivity contribution in [2.45, 2.75) is 36.5 Å². The zero-order valence-corrected chi connectivity index (χ0v) is 14.5. The lowest BCUT2D eigenvalue weighted by Gasteiger charge is -2.25. The minimum absolute atomic E-state index is 0.0385. The van der Waals surface area contributed by atoms with Crippen LogP contribution in [-0.2, 0) is 10.4 Å². The van der Waals surface area contributed by atoms with Crippen LogP contribution in [0.1, 0.15) is 36.3 Å². The van der Waals surface area contributed by atoms with Gasteiger partial charge in [0.05, 0.1) is 18.6 Å². The van der Waals surface area contributed by atoms with Crippen molar-refractivity contribution in [2.24, 2.45) is 0 Å². The van der Waals surface area contributed by atoms with E-state index in [2.05, 4.69) is 5.32 Å². The normalized spacial score (nSPS) is 18.0. The van der Waals surface area contributed by atoms with Gasteiger partial charge in [0.15, 0.2) is 5.60 Å². The zero-order valence-electron chi connectivity index (χ0n) is 12.9. The van der Waals surface area contributed by atoms with E-state index in [1.54, 1.807) is 23.9 Å². The van der Waals surface area contributed by atoms with Crippen molar-refractivity contribution in [3.63, 3.8) is 0 Å². The highest BCUT2D eigenvalue weighted by Gasteiger charge is 2.36. The van der Waals surface area contributed by atoms with Gasteiger partial charge >= 0.3 is 0 Å². The average molecular weight is 351 g/mol. The molecule has 23 heavy (non-hydrogen) atoms. The van der Waals surface area contributed by atoms with E-state index in [0.29, 0.717) is 16.8 Å². The molecule has 2 N–H and O–H groups in total. The minimum atomic E-state index is -1.31. The predicted molar refractivity (Wildman–Crippen MR) is 93.7 cm³/mol. The van der Waals surface area contributed by atoms with Crippen molar-refractivity contribution >= 4 is 29.0 Å². The highest BCUT2D eigenvalue weighted by atomic mass is 32.2. The number of hydrogen-bond acceptors (Lipinski definition) is 5. The maximum absolute atomic E-state index is 12.1. The number of furan rings is 1. The van der Waals surface area contributed by atoms with Gasteiger partial charge < -0.3 is 14.8 Å². The Bertz CT molecular complexity index is 570. The van der Waals surface area contributed by atoms with E-state index >= 15 is 0 Å². The largest absolute Gasteiger partial charge is 0.466 e. The molecule has 1 fully saturated rings. The molecule has 0 unspecified atom stereocenters. The molecule has 0 aliphatic heterocycles. The minimum Gasteiger partial charge on any atom is -0.466 e. The first-order chi connectivity index (χ1) is 11.2. The van der Waals surface area contributed by atoms with Crippen LogP contribution in [0.2, 0.25) is 0 Å². The van der Waals surface area contributed by atoms with Gasteiger partial charge in [-0.2, -0.15) is 0 Å². The highest BCUT2D eigenvalue weighted by Crippen LogP contribution is 2.33. The van der Waals surface area contributed by atoms with E-state index in [1.807, 2.05) is 17.5 Å². The summed E-state index contributed by atoms with van der Waals surface area (Å²) in [6, 6.07) is 7.21. The molecule has 0 saturated heterocycles. The Balaban J connectivity index is 1.60. The summed E-state index contributed by atoms with van der Waals surface area (Å²) in [6.45, 7) is 0.116.